The highest BCUT2D eigenvalue weighted by molar-refractivity contribution is 5.94. The van der Waals surface area contributed by atoms with Crippen molar-refractivity contribution in [1.29, 1.82) is 0 Å². The second-order valence-electron chi connectivity index (χ2n) is 5.72. The molecular formula is C18H26N3O4+. The lowest BCUT2D eigenvalue weighted by molar-refractivity contribution is -0.664. The maximum atomic E-state index is 12.3. The number of quaternary nitrogens is 1. The molecule has 2 amide bonds. The molecule has 1 aliphatic rings. The molecule has 7 nitrogen and oxygen atoms in total. The number of ether oxygens (including phenoxy) is 2. The van der Waals surface area contributed by atoms with E-state index in [1.807, 2.05) is 36.5 Å². The summed E-state index contributed by atoms with van der Waals surface area (Å²) in [5.74, 6) is 0.421. The first kappa shape index (κ1) is 18.8. The zero-order valence-electron chi connectivity index (χ0n) is 14.9. The first-order chi connectivity index (χ1) is 12.1. The van der Waals surface area contributed by atoms with Gasteiger partial charge in [0.05, 0.1) is 31.0 Å². The Hall–Kier alpha value is -2.54. The molecule has 1 aromatic rings. The first-order valence-corrected chi connectivity index (χ1v) is 8.51. The molecule has 1 atom stereocenters. The Morgan fingerprint density at radius 2 is 2.08 bits per heavy atom. The highest BCUT2D eigenvalue weighted by Gasteiger charge is 2.32. The highest BCUT2D eigenvalue weighted by Crippen LogP contribution is 2.16. The molecule has 1 heterocycles. The van der Waals surface area contributed by atoms with Crippen LogP contribution in [0, 0.1) is 0 Å². The van der Waals surface area contributed by atoms with Crippen molar-refractivity contribution in [2.45, 2.75) is 32.9 Å². The van der Waals surface area contributed by atoms with Gasteiger partial charge in [0.15, 0.2) is 0 Å². The van der Waals surface area contributed by atoms with E-state index < -0.39 is 0 Å². The summed E-state index contributed by atoms with van der Waals surface area (Å²) in [5, 5.41) is 7.55. The molecule has 0 aromatic heterocycles. The third-order valence-corrected chi connectivity index (χ3v) is 4.01. The van der Waals surface area contributed by atoms with Gasteiger partial charge in [0.2, 0.25) is 0 Å². The normalized spacial score (nSPS) is 16.9. The lowest BCUT2D eigenvalue weighted by Gasteiger charge is -2.27. The van der Waals surface area contributed by atoms with Crippen molar-refractivity contribution in [3.05, 3.63) is 41.1 Å². The summed E-state index contributed by atoms with van der Waals surface area (Å²) < 4.78 is 10.4. The molecule has 0 fully saturated rings. The Bertz CT molecular complexity index is 657. The van der Waals surface area contributed by atoms with Gasteiger partial charge >= 0.3 is 12.0 Å². The van der Waals surface area contributed by atoms with Crippen LogP contribution in [0.1, 0.15) is 25.8 Å². The van der Waals surface area contributed by atoms with E-state index in [2.05, 4.69) is 10.6 Å². The van der Waals surface area contributed by atoms with Gasteiger partial charge in [0.1, 0.15) is 18.8 Å². The minimum atomic E-state index is -0.383. The standard InChI is InChI=1S/C18H25N3O4/c1-4-14-16(17(22)25-5-2)15(21-18(23)20-14)11-19-10-12-7-6-8-13(9-12)24-3/h6-9,14,19H,4-5,10-11H2,1-3H3,(H2,20,21,23)/p+1/t14-/m0/s1. The second kappa shape index (κ2) is 9.08. The molecule has 0 radical (unpaired) electrons. The zero-order chi connectivity index (χ0) is 18.2. The van der Waals surface area contributed by atoms with E-state index in [4.69, 9.17) is 9.47 Å². The number of amides is 2. The summed E-state index contributed by atoms with van der Waals surface area (Å²) in [5.41, 5.74) is 2.22. The van der Waals surface area contributed by atoms with Crippen LogP contribution in [0.25, 0.3) is 0 Å². The fourth-order valence-corrected chi connectivity index (χ4v) is 2.81. The number of esters is 1. The van der Waals surface area contributed by atoms with Crippen LogP contribution in [-0.2, 0) is 16.1 Å². The van der Waals surface area contributed by atoms with Gasteiger partial charge in [-0.1, -0.05) is 19.1 Å². The number of methoxy groups -OCH3 is 1. The van der Waals surface area contributed by atoms with Crippen molar-refractivity contribution in [3.63, 3.8) is 0 Å². The van der Waals surface area contributed by atoms with Gasteiger partial charge in [-0.25, -0.2) is 9.59 Å². The molecule has 0 saturated heterocycles. The molecule has 136 valence electrons. The zero-order valence-corrected chi connectivity index (χ0v) is 14.9. The number of benzene rings is 1. The van der Waals surface area contributed by atoms with Crippen LogP contribution in [0.3, 0.4) is 0 Å². The number of rotatable bonds is 8. The van der Waals surface area contributed by atoms with E-state index in [-0.39, 0.29) is 18.0 Å². The lowest BCUT2D eigenvalue weighted by Crippen LogP contribution is -2.84. The second-order valence-corrected chi connectivity index (χ2v) is 5.72. The summed E-state index contributed by atoms with van der Waals surface area (Å²) in [4.78, 5) is 24.1. The first-order valence-electron chi connectivity index (χ1n) is 8.51. The molecule has 0 unspecified atom stereocenters. The Morgan fingerprint density at radius 1 is 1.28 bits per heavy atom. The van der Waals surface area contributed by atoms with E-state index in [9.17, 15) is 9.59 Å². The quantitative estimate of drug-likeness (QED) is 0.602. The summed E-state index contributed by atoms with van der Waals surface area (Å²) >= 11 is 0. The number of nitrogens with two attached hydrogens (primary N) is 1. The van der Waals surface area contributed by atoms with Gasteiger partial charge in [-0.2, -0.15) is 0 Å². The molecule has 0 aliphatic carbocycles. The van der Waals surface area contributed by atoms with Crippen LogP contribution in [0.4, 0.5) is 4.79 Å². The van der Waals surface area contributed by atoms with Crippen LogP contribution < -0.4 is 20.7 Å². The highest BCUT2D eigenvalue weighted by atomic mass is 16.5. The van der Waals surface area contributed by atoms with Crippen LogP contribution in [0.15, 0.2) is 35.5 Å². The molecule has 0 spiro atoms. The number of hydrogen-bond donors (Lipinski definition) is 3. The molecule has 25 heavy (non-hydrogen) atoms. The van der Waals surface area contributed by atoms with E-state index in [1.165, 1.54) is 0 Å². The maximum Gasteiger partial charge on any atom is 0.338 e. The van der Waals surface area contributed by atoms with Gasteiger partial charge in [-0.05, 0) is 25.5 Å². The van der Waals surface area contributed by atoms with Gasteiger partial charge in [0, 0.05) is 5.56 Å². The fourth-order valence-electron chi connectivity index (χ4n) is 2.81. The van der Waals surface area contributed by atoms with Crippen molar-refractivity contribution in [2.75, 3.05) is 20.3 Å². The van der Waals surface area contributed by atoms with Crippen LogP contribution in [0.5, 0.6) is 5.75 Å². The van der Waals surface area contributed by atoms with E-state index in [0.29, 0.717) is 37.4 Å². The van der Waals surface area contributed by atoms with Gasteiger partial charge in [0.25, 0.3) is 0 Å². The average Bonchev–Trinajstić information content (AvgIpc) is 2.61. The predicted molar refractivity (Wildman–Crippen MR) is 92.9 cm³/mol. The minimum Gasteiger partial charge on any atom is -0.497 e. The summed E-state index contributed by atoms with van der Waals surface area (Å²) in [6.07, 6.45) is 0.626. The Balaban J connectivity index is 2.11. The lowest BCUT2D eigenvalue weighted by atomic mass is 10.00. The van der Waals surface area contributed by atoms with Crippen molar-refractivity contribution >= 4 is 12.0 Å². The van der Waals surface area contributed by atoms with Crippen LogP contribution in [-0.4, -0.2) is 38.3 Å². The number of hydrogen-bond acceptors (Lipinski definition) is 4. The van der Waals surface area contributed by atoms with Gasteiger partial charge in [-0.3, -0.25) is 0 Å². The van der Waals surface area contributed by atoms with Crippen molar-refractivity contribution in [1.82, 2.24) is 10.6 Å². The van der Waals surface area contributed by atoms with Crippen LogP contribution in [0.2, 0.25) is 0 Å². The summed E-state index contributed by atoms with van der Waals surface area (Å²) in [6, 6.07) is 7.19. The molecule has 7 heteroatoms. The molecule has 1 aromatic carbocycles. The summed E-state index contributed by atoms with van der Waals surface area (Å²) in [6.45, 7) is 5.18. The van der Waals surface area contributed by atoms with E-state index >= 15 is 0 Å². The molecule has 0 saturated carbocycles. The summed E-state index contributed by atoms with van der Waals surface area (Å²) in [7, 11) is 1.63. The van der Waals surface area contributed by atoms with Crippen LogP contribution >= 0.6 is 0 Å². The number of nitrogens with one attached hydrogen (secondary N) is 2. The minimum absolute atomic E-state index is 0.287. The molecular weight excluding hydrogens is 322 g/mol. The number of carbonyl (C=O) groups is 2. The maximum absolute atomic E-state index is 12.3. The van der Waals surface area contributed by atoms with Crippen molar-refractivity contribution < 1.29 is 24.4 Å². The van der Waals surface area contributed by atoms with Gasteiger partial charge in [-0.15, -0.1) is 0 Å². The smallest absolute Gasteiger partial charge is 0.338 e. The fraction of sp³-hybridized carbons (Fsp3) is 0.444. The predicted octanol–water partition coefficient (Wildman–Crippen LogP) is 0.667. The topological polar surface area (TPSA) is 93.3 Å². The average molecular weight is 348 g/mol. The van der Waals surface area contributed by atoms with Gasteiger partial charge < -0.3 is 25.4 Å². The van der Waals surface area contributed by atoms with Crippen molar-refractivity contribution in [2.24, 2.45) is 0 Å². The number of urea groups is 1. The molecule has 4 N–H and O–H groups in total. The molecule has 2 rings (SSSR count). The largest absolute Gasteiger partial charge is 0.497 e. The van der Waals surface area contributed by atoms with E-state index in [1.54, 1.807) is 14.0 Å². The molecule has 0 bridgehead atoms. The third kappa shape index (κ3) is 4.96. The Labute approximate surface area is 147 Å². The number of carbonyl (C=O) groups excluding carboxylic acids is 2. The Kier molecular flexibility index (Phi) is 6.82. The Morgan fingerprint density at radius 3 is 2.76 bits per heavy atom. The van der Waals surface area contributed by atoms with Crippen molar-refractivity contribution in [3.8, 4) is 5.75 Å². The molecule has 1 aliphatic heterocycles. The monoisotopic (exact) mass is 348 g/mol. The third-order valence-electron chi connectivity index (χ3n) is 4.01. The SMILES string of the molecule is CCOC(=O)C1=C(C[NH2+]Cc2cccc(OC)c2)NC(=O)N[C@H]1CC. The van der Waals surface area contributed by atoms with E-state index in [0.717, 1.165) is 11.3 Å².